The molecule has 6 nitrogen and oxygen atoms in total. The maximum atomic E-state index is 5.37. The number of anilines is 2. The molecule has 0 bridgehead atoms. The summed E-state index contributed by atoms with van der Waals surface area (Å²) in [5.74, 6) is 2.58. The predicted octanol–water partition coefficient (Wildman–Crippen LogP) is 6.13. The van der Waals surface area contributed by atoms with E-state index < -0.39 is 0 Å². The molecule has 0 aliphatic rings. The third kappa shape index (κ3) is 4.60. The molecule has 32 heavy (non-hydrogen) atoms. The lowest BCUT2D eigenvalue weighted by Crippen LogP contribution is -1.98. The van der Waals surface area contributed by atoms with E-state index in [9.17, 15) is 0 Å². The van der Waals surface area contributed by atoms with Gasteiger partial charge in [-0.1, -0.05) is 30.9 Å². The van der Waals surface area contributed by atoms with Crippen molar-refractivity contribution in [1.82, 2.24) is 9.97 Å². The molecule has 0 amide bonds. The second-order valence-corrected chi connectivity index (χ2v) is 6.82. The Morgan fingerprint density at radius 1 is 0.875 bits per heavy atom. The number of ether oxygens (including phenoxy) is 3. The summed E-state index contributed by atoms with van der Waals surface area (Å²) in [6.45, 7) is 3.91. The molecule has 0 fully saturated rings. The van der Waals surface area contributed by atoms with E-state index in [0.29, 0.717) is 17.4 Å². The molecule has 0 spiro atoms. The average Bonchev–Trinajstić information content (AvgIpc) is 2.83. The van der Waals surface area contributed by atoms with E-state index in [4.69, 9.17) is 14.2 Å². The minimum absolute atomic E-state index is 0. The number of halogens is 1. The van der Waals surface area contributed by atoms with Gasteiger partial charge in [0.25, 0.3) is 0 Å². The van der Waals surface area contributed by atoms with Gasteiger partial charge in [-0.05, 0) is 47.0 Å². The first-order valence-electron chi connectivity index (χ1n) is 9.72. The van der Waals surface area contributed by atoms with E-state index >= 15 is 0 Å². The van der Waals surface area contributed by atoms with Crippen molar-refractivity contribution < 1.29 is 14.2 Å². The van der Waals surface area contributed by atoms with E-state index in [2.05, 4.69) is 21.9 Å². The first kappa shape index (κ1) is 22.9. The Balaban J connectivity index is 0.00000289. The van der Waals surface area contributed by atoms with E-state index in [1.54, 1.807) is 27.5 Å². The van der Waals surface area contributed by atoms with Crippen molar-refractivity contribution in [3.05, 3.63) is 72.9 Å². The number of benzene rings is 3. The Kier molecular flexibility index (Phi) is 7.18. The summed E-state index contributed by atoms with van der Waals surface area (Å²) < 4.78 is 16.1. The van der Waals surface area contributed by atoms with E-state index in [1.165, 1.54) is 0 Å². The van der Waals surface area contributed by atoms with E-state index in [-0.39, 0.29) is 12.4 Å². The molecule has 0 aliphatic heterocycles. The van der Waals surface area contributed by atoms with Gasteiger partial charge in [-0.15, -0.1) is 12.4 Å². The Morgan fingerprint density at radius 3 is 2.25 bits per heavy atom. The highest BCUT2D eigenvalue weighted by molar-refractivity contribution is 5.85. The Bertz CT molecular complexity index is 1240. The zero-order chi connectivity index (χ0) is 21.8. The SMILES string of the molecule is C=Cc1ccc(OC)cc1-c1ccc(Nc2ncc3cc(OC)c(OC)cc3n2)cc1.Cl. The van der Waals surface area contributed by atoms with Crippen LogP contribution in [-0.4, -0.2) is 31.3 Å². The number of fused-ring (bicyclic) bond motifs is 1. The van der Waals surface area contributed by atoms with Gasteiger partial charge in [0.05, 0.1) is 26.8 Å². The monoisotopic (exact) mass is 449 g/mol. The van der Waals surface area contributed by atoms with Crippen LogP contribution in [0.3, 0.4) is 0 Å². The summed E-state index contributed by atoms with van der Waals surface area (Å²) >= 11 is 0. The Labute approximate surface area is 193 Å². The van der Waals surface area contributed by atoms with Crippen LogP contribution >= 0.6 is 12.4 Å². The van der Waals surface area contributed by atoms with Crippen molar-refractivity contribution >= 4 is 41.0 Å². The second-order valence-electron chi connectivity index (χ2n) is 6.82. The number of hydrogen-bond donors (Lipinski definition) is 1. The number of nitrogens with zero attached hydrogens (tertiary/aromatic N) is 2. The molecule has 0 saturated carbocycles. The van der Waals surface area contributed by atoms with E-state index in [0.717, 1.165) is 39.0 Å². The van der Waals surface area contributed by atoms with Gasteiger partial charge < -0.3 is 19.5 Å². The largest absolute Gasteiger partial charge is 0.497 e. The van der Waals surface area contributed by atoms with Crippen molar-refractivity contribution in [1.29, 1.82) is 0 Å². The Morgan fingerprint density at radius 2 is 1.59 bits per heavy atom. The molecule has 0 aliphatic carbocycles. The molecule has 0 saturated heterocycles. The minimum atomic E-state index is 0. The fraction of sp³-hybridized carbons (Fsp3) is 0.120. The van der Waals surface area contributed by atoms with E-state index in [1.807, 2.05) is 60.7 Å². The number of rotatable bonds is 7. The number of methoxy groups -OCH3 is 3. The lowest BCUT2D eigenvalue weighted by molar-refractivity contribution is 0.356. The zero-order valence-corrected chi connectivity index (χ0v) is 18.9. The summed E-state index contributed by atoms with van der Waals surface area (Å²) in [5.41, 5.74) is 4.81. The number of hydrogen-bond acceptors (Lipinski definition) is 6. The third-order valence-corrected chi connectivity index (χ3v) is 5.02. The smallest absolute Gasteiger partial charge is 0.227 e. The van der Waals surface area contributed by atoms with Crippen LogP contribution in [0.25, 0.3) is 28.1 Å². The maximum Gasteiger partial charge on any atom is 0.227 e. The van der Waals surface area contributed by atoms with Crippen LogP contribution in [-0.2, 0) is 0 Å². The lowest BCUT2D eigenvalue weighted by Gasteiger charge is -2.11. The summed E-state index contributed by atoms with van der Waals surface area (Å²) in [6, 6.07) is 17.7. The molecule has 3 aromatic carbocycles. The van der Waals surface area contributed by atoms with Crippen LogP contribution in [0.1, 0.15) is 5.56 Å². The summed E-state index contributed by atoms with van der Waals surface area (Å²) in [4.78, 5) is 9.01. The van der Waals surface area contributed by atoms with Gasteiger partial charge in [0.2, 0.25) is 5.95 Å². The average molecular weight is 450 g/mol. The highest BCUT2D eigenvalue weighted by Gasteiger charge is 2.09. The standard InChI is InChI=1S/C25H23N3O3.ClH/c1-5-16-8-11-20(29-2)13-21(16)17-6-9-19(10-7-17)27-25-26-15-18-12-23(30-3)24(31-4)14-22(18)28-25;/h5-15H,1H2,2-4H3,(H,26,27,28);1H. The summed E-state index contributed by atoms with van der Waals surface area (Å²) in [6.07, 6.45) is 3.60. The van der Waals surface area contributed by atoms with Crippen molar-refractivity contribution in [2.75, 3.05) is 26.6 Å². The van der Waals surface area contributed by atoms with Gasteiger partial charge >= 0.3 is 0 Å². The molecular formula is C25H24ClN3O3. The van der Waals surface area contributed by atoms with Crippen LogP contribution < -0.4 is 19.5 Å². The highest BCUT2D eigenvalue weighted by atomic mass is 35.5. The quantitative estimate of drug-likeness (QED) is 0.366. The summed E-state index contributed by atoms with van der Waals surface area (Å²) in [5, 5.41) is 4.12. The molecule has 0 unspecified atom stereocenters. The maximum absolute atomic E-state index is 5.37. The molecule has 1 heterocycles. The second kappa shape index (κ2) is 10.0. The number of nitrogens with one attached hydrogen (secondary N) is 1. The Hall–Kier alpha value is -3.77. The lowest BCUT2D eigenvalue weighted by atomic mass is 9.99. The molecule has 1 aromatic heterocycles. The van der Waals surface area contributed by atoms with Gasteiger partial charge in [0.15, 0.2) is 11.5 Å². The van der Waals surface area contributed by atoms with Crippen LogP contribution in [0, 0.1) is 0 Å². The third-order valence-electron chi connectivity index (χ3n) is 5.02. The minimum Gasteiger partial charge on any atom is -0.497 e. The van der Waals surface area contributed by atoms with Crippen molar-refractivity contribution in [2.24, 2.45) is 0 Å². The molecule has 1 N–H and O–H groups in total. The summed E-state index contributed by atoms with van der Waals surface area (Å²) in [7, 11) is 4.87. The molecule has 7 heteroatoms. The van der Waals surface area contributed by atoms with Crippen LogP contribution in [0.15, 0.2) is 67.4 Å². The first-order valence-corrected chi connectivity index (χ1v) is 9.72. The predicted molar refractivity (Wildman–Crippen MR) is 132 cm³/mol. The first-order chi connectivity index (χ1) is 15.1. The fourth-order valence-corrected chi connectivity index (χ4v) is 3.37. The molecule has 4 rings (SSSR count). The van der Waals surface area contributed by atoms with Gasteiger partial charge in [-0.25, -0.2) is 9.97 Å². The van der Waals surface area contributed by atoms with Crippen molar-refractivity contribution in [3.63, 3.8) is 0 Å². The highest BCUT2D eigenvalue weighted by Crippen LogP contribution is 2.32. The molecule has 0 atom stereocenters. The molecule has 164 valence electrons. The van der Waals surface area contributed by atoms with Gasteiger partial charge in [-0.3, -0.25) is 0 Å². The fourth-order valence-electron chi connectivity index (χ4n) is 3.37. The van der Waals surface area contributed by atoms with Crippen LogP contribution in [0.5, 0.6) is 17.2 Å². The topological polar surface area (TPSA) is 65.5 Å². The van der Waals surface area contributed by atoms with Crippen molar-refractivity contribution in [3.8, 4) is 28.4 Å². The molecular weight excluding hydrogens is 426 g/mol. The normalized spacial score (nSPS) is 10.2. The van der Waals surface area contributed by atoms with Crippen molar-refractivity contribution in [2.45, 2.75) is 0 Å². The molecule has 4 aromatic rings. The van der Waals surface area contributed by atoms with Gasteiger partial charge in [0.1, 0.15) is 5.75 Å². The zero-order valence-electron chi connectivity index (χ0n) is 18.1. The van der Waals surface area contributed by atoms with Gasteiger partial charge in [-0.2, -0.15) is 0 Å². The number of aromatic nitrogens is 2. The molecule has 0 radical (unpaired) electrons. The van der Waals surface area contributed by atoms with Crippen LogP contribution in [0.4, 0.5) is 11.6 Å². The van der Waals surface area contributed by atoms with Crippen LogP contribution in [0.2, 0.25) is 0 Å². The van der Waals surface area contributed by atoms with Gasteiger partial charge in [0, 0.05) is 23.3 Å².